The van der Waals surface area contributed by atoms with Gasteiger partial charge in [0.05, 0.1) is 11.0 Å². The van der Waals surface area contributed by atoms with Crippen molar-refractivity contribution >= 4 is 11.0 Å². The molecule has 0 radical (unpaired) electrons. The van der Waals surface area contributed by atoms with Gasteiger partial charge in [0.2, 0.25) is 0 Å². The standard InChI is InChI=1S/C14H20N2O/c1-12-15-13-8-4-5-9-14(13)16(12)10-6-2-3-7-11-17/h4-5,8-9,17H,2-3,6-7,10-11H2,1H3. The summed E-state index contributed by atoms with van der Waals surface area (Å²) in [6.45, 7) is 3.40. The van der Waals surface area contributed by atoms with E-state index in [1.54, 1.807) is 0 Å². The van der Waals surface area contributed by atoms with Gasteiger partial charge in [0, 0.05) is 13.2 Å². The maximum Gasteiger partial charge on any atom is 0.106 e. The molecule has 0 saturated heterocycles. The van der Waals surface area contributed by atoms with E-state index in [9.17, 15) is 0 Å². The zero-order valence-electron chi connectivity index (χ0n) is 10.4. The summed E-state index contributed by atoms with van der Waals surface area (Å²) < 4.78 is 2.29. The highest BCUT2D eigenvalue weighted by Crippen LogP contribution is 2.16. The Labute approximate surface area is 102 Å². The SMILES string of the molecule is Cc1nc2ccccc2n1CCCCCCO. The molecule has 92 valence electrons. The molecule has 2 rings (SSSR count). The van der Waals surface area contributed by atoms with Crippen LogP contribution in [0.2, 0.25) is 0 Å². The quantitative estimate of drug-likeness (QED) is 0.778. The number of benzene rings is 1. The van der Waals surface area contributed by atoms with Crippen LogP contribution in [0.1, 0.15) is 31.5 Å². The summed E-state index contributed by atoms with van der Waals surface area (Å²) in [5.74, 6) is 1.09. The van der Waals surface area contributed by atoms with Gasteiger partial charge in [0.1, 0.15) is 5.82 Å². The van der Waals surface area contributed by atoms with Crippen LogP contribution in [0.15, 0.2) is 24.3 Å². The maximum absolute atomic E-state index is 8.72. The Balaban J connectivity index is 2.00. The lowest BCUT2D eigenvalue weighted by Gasteiger charge is -2.06. The van der Waals surface area contributed by atoms with Crippen LogP contribution in [-0.4, -0.2) is 21.3 Å². The van der Waals surface area contributed by atoms with Gasteiger partial charge in [-0.05, 0) is 31.9 Å². The van der Waals surface area contributed by atoms with E-state index in [2.05, 4.69) is 34.7 Å². The van der Waals surface area contributed by atoms with E-state index in [0.717, 1.165) is 37.1 Å². The number of hydrogen-bond acceptors (Lipinski definition) is 2. The molecule has 1 aromatic carbocycles. The Morgan fingerprint density at radius 2 is 1.88 bits per heavy atom. The summed E-state index contributed by atoms with van der Waals surface area (Å²) in [7, 11) is 0. The lowest BCUT2D eigenvalue weighted by Crippen LogP contribution is -2.00. The van der Waals surface area contributed by atoms with Gasteiger partial charge in [-0.15, -0.1) is 0 Å². The number of hydrogen-bond donors (Lipinski definition) is 1. The monoisotopic (exact) mass is 232 g/mol. The van der Waals surface area contributed by atoms with Crippen molar-refractivity contribution in [2.45, 2.75) is 39.2 Å². The number of aromatic nitrogens is 2. The minimum Gasteiger partial charge on any atom is -0.396 e. The van der Waals surface area contributed by atoms with Gasteiger partial charge in [-0.2, -0.15) is 0 Å². The first-order valence-corrected chi connectivity index (χ1v) is 6.35. The highest BCUT2D eigenvalue weighted by Gasteiger charge is 2.05. The van der Waals surface area contributed by atoms with Crippen LogP contribution in [-0.2, 0) is 6.54 Å². The Kier molecular flexibility index (Phi) is 4.15. The van der Waals surface area contributed by atoms with E-state index in [1.165, 1.54) is 11.9 Å². The molecule has 0 spiro atoms. The predicted molar refractivity (Wildman–Crippen MR) is 70.0 cm³/mol. The molecule has 2 aromatic rings. The number of aryl methyl sites for hydroxylation is 2. The molecule has 1 aromatic heterocycles. The van der Waals surface area contributed by atoms with E-state index >= 15 is 0 Å². The van der Waals surface area contributed by atoms with Gasteiger partial charge in [-0.3, -0.25) is 0 Å². The second-order valence-corrected chi connectivity index (χ2v) is 4.44. The third kappa shape index (κ3) is 2.86. The molecule has 3 heteroatoms. The summed E-state index contributed by atoms with van der Waals surface area (Å²) in [5.41, 5.74) is 2.31. The van der Waals surface area contributed by atoms with Crippen molar-refractivity contribution in [2.24, 2.45) is 0 Å². The number of unbranched alkanes of at least 4 members (excludes halogenated alkanes) is 3. The van der Waals surface area contributed by atoms with Gasteiger partial charge in [-0.1, -0.05) is 25.0 Å². The Morgan fingerprint density at radius 3 is 2.71 bits per heavy atom. The molecule has 0 atom stereocenters. The fourth-order valence-electron chi connectivity index (χ4n) is 2.21. The van der Waals surface area contributed by atoms with E-state index in [-0.39, 0.29) is 0 Å². The zero-order valence-corrected chi connectivity index (χ0v) is 10.4. The number of nitrogens with zero attached hydrogens (tertiary/aromatic N) is 2. The summed E-state index contributed by atoms with van der Waals surface area (Å²) >= 11 is 0. The van der Waals surface area contributed by atoms with Crippen LogP contribution in [0.25, 0.3) is 11.0 Å². The van der Waals surface area contributed by atoms with Crippen LogP contribution in [0, 0.1) is 6.92 Å². The van der Waals surface area contributed by atoms with Crippen molar-refractivity contribution in [1.82, 2.24) is 9.55 Å². The van der Waals surface area contributed by atoms with Gasteiger partial charge in [-0.25, -0.2) is 4.98 Å². The minimum absolute atomic E-state index is 0.313. The Hall–Kier alpha value is -1.35. The zero-order chi connectivity index (χ0) is 12.1. The topological polar surface area (TPSA) is 38.0 Å². The number of aliphatic hydroxyl groups is 1. The highest BCUT2D eigenvalue weighted by atomic mass is 16.2. The molecule has 0 unspecified atom stereocenters. The smallest absolute Gasteiger partial charge is 0.106 e. The average molecular weight is 232 g/mol. The summed E-state index contributed by atoms with van der Waals surface area (Å²) in [6, 6.07) is 8.28. The molecule has 0 aliphatic rings. The number of rotatable bonds is 6. The van der Waals surface area contributed by atoms with Crippen LogP contribution >= 0.6 is 0 Å². The molecule has 1 heterocycles. The average Bonchev–Trinajstić information content (AvgIpc) is 2.65. The van der Waals surface area contributed by atoms with Gasteiger partial charge in [0.25, 0.3) is 0 Å². The van der Waals surface area contributed by atoms with E-state index in [4.69, 9.17) is 5.11 Å². The fourth-order valence-corrected chi connectivity index (χ4v) is 2.21. The first-order chi connectivity index (χ1) is 8.33. The molecular weight excluding hydrogens is 212 g/mol. The molecule has 0 bridgehead atoms. The fraction of sp³-hybridized carbons (Fsp3) is 0.500. The molecule has 0 aliphatic heterocycles. The van der Waals surface area contributed by atoms with Crippen molar-refractivity contribution in [3.8, 4) is 0 Å². The third-order valence-electron chi connectivity index (χ3n) is 3.14. The molecule has 1 N–H and O–H groups in total. The third-order valence-corrected chi connectivity index (χ3v) is 3.14. The van der Waals surface area contributed by atoms with Crippen molar-refractivity contribution in [2.75, 3.05) is 6.61 Å². The molecule has 0 fully saturated rings. The Morgan fingerprint density at radius 1 is 1.12 bits per heavy atom. The van der Waals surface area contributed by atoms with Crippen molar-refractivity contribution in [3.63, 3.8) is 0 Å². The van der Waals surface area contributed by atoms with Crippen LogP contribution in [0.5, 0.6) is 0 Å². The molecule has 3 nitrogen and oxygen atoms in total. The number of imidazole rings is 1. The van der Waals surface area contributed by atoms with Crippen molar-refractivity contribution in [1.29, 1.82) is 0 Å². The second kappa shape index (κ2) is 5.82. The molecule has 0 aliphatic carbocycles. The number of fused-ring (bicyclic) bond motifs is 1. The van der Waals surface area contributed by atoms with Gasteiger partial charge >= 0.3 is 0 Å². The molecular formula is C14H20N2O. The van der Waals surface area contributed by atoms with E-state index in [0.29, 0.717) is 6.61 Å². The first-order valence-electron chi connectivity index (χ1n) is 6.35. The largest absolute Gasteiger partial charge is 0.396 e. The normalized spacial score (nSPS) is 11.2. The van der Waals surface area contributed by atoms with Crippen molar-refractivity contribution in [3.05, 3.63) is 30.1 Å². The predicted octanol–water partition coefficient (Wildman–Crippen LogP) is 2.90. The number of aliphatic hydroxyl groups excluding tert-OH is 1. The van der Waals surface area contributed by atoms with Gasteiger partial charge in [0.15, 0.2) is 0 Å². The van der Waals surface area contributed by atoms with E-state index < -0.39 is 0 Å². The maximum atomic E-state index is 8.72. The molecule has 0 amide bonds. The lowest BCUT2D eigenvalue weighted by molar-refractivity contribution is 0.282. The summed E-state index contributed by atoms with van der Waals surface area (Å²) in [6.07, 6.45) is 4.36. The second-order valence-electron chi connectivity index (χ2n) is 4.44. The molecule has 17 heavy (non-hydrogen) atoms. The van der Waals surface area contributed by atoms with Gasteiger partial charge < -0.3 is 9.67 Å². The first kappa shape index (κ1) is 12.1. The van der Waals surface area contributed by atoms with E-state index in [1.807, 2.05) is 6.07 Å². The number of para-hydroxylation sites is 2. The Bertz CT molecular complexity index is 476. The molecule has 0 saturated carbocycles. The lowest BCUT2D eigenvalue weighted by atomic mass is 10.2. The van der Waals surface area contributed by atoms with Crippen LogP contribution in [0.4, 0.5) is 0 Å². The highest BCUT2D eigenvalue weighted by molar-refractivity contribution is 5.75. The van der Waals surface area contributed by atoms with Crippen LogP contribution in [0.3, 0.4) is 0 Å². The van der Waals surface area contributed by atoms with Crippen LogP contribution < -0.4 is 0 Å². The summed E-state index contributed by atoms with van der Waals surface area (Å²) in [4.78, 5) is 4.55. The summed E-state index contributed by atoms with van der Waals surface area (Å²) in [5, 5.41) is 8.72. The minimum atomic E-state index is 0.313. The van der Waals surface area contributed by atoms with Crippen molar-refractivity contribution < 1.29 is 5.11 Å².